The third-order valence-electron chi connectivity index (χ3n) is 6.58. The normalized spacial score (nSPS) is 11.3. The van der Waals surface area contributed by atoms with Crippen molar-refractivity contribution in [3.8, 4) is 45.3 Å². The fraction of sp³-hybridized carbons (Fsp3) is 0. The number of benzene rings is 5. The van der Waals surface area contributed by atoms with Crippen molar-refractivity contribution in [3.63, 3.8) is 0 Å². The van der Waals surface area contributed by atoms with Crippen LogP contribution in [-0.4, -0.2) is 15.0 Å². The summed E-state index contributed by atoms with van der Waals surface area (Å²) >= 11 is 3.70. The molecule has 5 aromatic carbocycles. The molecule has 0 saturated carbocycles. The molecule has 0 atom stereocenters. The maximum atomic E-state index is 6.34. The van der Waals surface area contributed by atoms with E-state index in [9.17, 15) is 0 Å². The molecule has 0 amide bonds. The Hall–Kier alpha value is -4.61. The first kappa shape index (κ1) is 22.6. The van der Waals surface area contributed by atoms with Crippen LogP contribution in [0, 0.1) is 0 Å². The molecule has 0 aliphatic heterocycles. The SMILES string of the molecule is Brc1cc(-c2nc(-c3ccccc3)nc(-c3cccc(-c4ccccc4)c3)n2)c2oc3ccccc3c2c1. The van der Waals surface area contributed by atoms with Crippen molar-refractivity contribution in [1.29, 1.82) is 0 Å². The van der Waals surface area contributed by atoms with Gasteiger partial charge in [-0.25, -0.2) is 15.0 Å². The number of aromatic nitrogens is 3. The number of fused-ring (bicyclic) bond motifs is 3. The van der Waals surface area contributed by atoms with Crippen molar-refractivity contribution in [2.75, 3.05) is 0 Å². The summed E-state index contributed by atoms with van der Waals surface area (Å²) < 4.78 is 7.27. The Bertz CT molecular complexity index is 1930. The van der Waals surface area contributed by atoms with Gasteiger partial charge >= 0.3 is 0 Å². The van der Waals surface area contributed by atoms with Crippen molar-refractivity contribution < 1.29 is 4.42 Å². The maximum absolute atomic E-state index is 6.34. The summed E-state index contributed by atoms with van der Waals surface area (Å²) in [5.41, 5.74) is 6.48. The van der Waals surface area contributed by atoms with E-state index >= 15 is 0 Å². The van der Waals surface area contributed by atoms with Gasteiger partial charge in [-0.15, -0.1) is 0 Å². The predicted octanol–water partition coefficient (Wildman–Crippen LogP) is 9.20. The number of hydrogen-bond donors (Lipinski definition) is 0. The highest BCUT2D eigenvalue weighted by molar-refractivity contribution is 9.10. The van der Waals surface area contributed by atoms with Crippen LogP contribution in [0.4, 0.5) is 0 Å². The third kappa shape index (κ3) is 4.07. The highest BCUT2D eigenvalue weighted by Crippen LogP contribution is 2.38. The van der Waals surface area contributed by atoms with Crippen LogP contribution in [-0.2, 0) is 0 Å². The lowest BCUT2D eigenvalue weighted by molar-refractivity contribution is 0.669. The van der Waals surface area contributed by atoms with E-state index in [4.69, 9.17) is 19.4 Å². The van der Waals surface area contributed by atoms with Crippen LogP contribution in [0.25, 0.3) is 67.2 Å². The molecule has 7 aromatic rings. The number of para-hydroxylation sites is 1. The van der Waals surface area contributed by atoms with Crippen molar-refractivity contribution in [2.24, 2.45) is 0 Å². The van der Waals surface area contributed by atoms with Crippen molar-refractivity contribution in [2.45, 2.75) is 0 Å². The van der Waals surface area contributed by atoms with E-state index in [0.29, 0.717) is 17.5 Å². The van der Waals surface area contributed by atoms with Gasteiger partial charge < -0.3 is 4.42 Å². The molecule has 0 aliphatic carbocycles. The molecule has 0 spiro atoms. The number of nitrogens with zero attached hydrogens (tertiary/aromatic N) is 3. The van der Waals surface area contributed by atoms with Crippen LogP contribution in [0.15, 0.2) is 130 Å². The van der Waals surface area contributed by atoms with Gasteiger partial charge in [0, 0.05) is 26.4 Å². The van der Waals surface area contributed by atoms with Crippen molar-refractivity contribution in [1.82, 2.24) is 15.0 Å². The zero-order chi connectivity index (χ0) is 25.5. The average molecular weight is 554 g/mol. The zero-order valence-electron chi connectivity index (χ0n) is 20.2. The molecule has 5 heteroatoms. The van der Waals surface area contributed by atoms with Crippen molar-refractivity contribution >= 4 is 37.9 Å². The van der Waals surface area contributed by atoms with Gasteiger partial charge in [-0.2, -0.15) is 0 Å². The highest BCUT2D eigenvalue weighted by atomic mass is 79.9. The van der Waals surface area contributed by atoms with Crippen LogP contribution in [0.3, 0.4) is 0 Å². The second kappa shape index (κ2) is 9.36. The molecule has 0 radical (unpaired) electrons. The minimum atomic E-state index is 0.560. The molecular weight excluding hydrogens is 534 g/mol. The number of rotatable bonds is 4. The van der Waals surface area contributed by atoms with E-state index in [1.54, 1.807) is 0 Å². The number of hydrogen-bond acceptors (Lipinski definition) is 4. The van der Waals surface area contributed by atoms with Gasteiger partial charge in [0.25, 0.3) is 0 Å². The zero-order valence-corrected chi connectivity index (χ0v) is 21.8. The standard InChI is InChI=1S/C33H20BrN3O/c34-25-19-27-26-16-7-8-17-29(26)38-30(27)28(20-25)33-36-31(22-12-5-2-6-13-22)35-32(37-33)24-15-9-14-23(18-24)21-10-3-1-4-11-21/h1-20H. The fourth-order valence-corrected chi connectivity index (χ4v) is 5.23. The molecule has 38 heavy (non-hydrogen) atoms. The first-order valence-corrected chi connectivity index (χ1v) is 13.1. The molecule has 180 valence electrons. The maximum Gasteiger partial charge on any atom is 0.167 e. The summed E-state index contributed by atoms with van der Waals surface area (Å²) in [6.45, 7) is 0. The molecule has 7 rings (SSSR count). The van der Waals surface area contributed by atoms with Gasteiger partial charge in [-0.05, 0) is 35.4 Å². The monoisotopic (exact) mass is 553 g/mol. The lowest BCUT2D eigenvalue weighted by Gasteiger charge is -2.10. The first-order valence-electron chi connectivity index (χ1n) is 12.3. The van der Waals surface area contributed by atoms with E-state index < -0.39 is 0 Å². The Morgan fingerprint density at radius 1 is 0.474 bits per heavy atom. The fourth-order valence-electron chi connectivity index (χ4n) is 4.77. The van der Waals surface area contributed by atoms with Crippen LogP contribution in [0.2, 0.25) is 0 Å². The third-order valence-corrected chi connectivity index (χ3v) is 7.04. The van der Waals surface area contributed by atoms with E-state index in [2.05, 4.69) is 52.3 Å². The van der Waals surface area contributed by atoms with Crippen LogP contribution >= 0.6 is 15.9 Å². The Kier molecular flexibility index (Phi) is 5.56. The summed E-state index contributed by atoms with van der Waals surface area (Å²) in [6.07, 6.45) is 0. The van der Waals surface area contributed by atoms with Gasteiger partial charge in [-0.1, -0.05) is 113 Å². The van der Waals surface area contributed by atoms with Gasteiger partial charge in [-0.3, -0.25) is 0 Å². The molecule has 0 saturated heterocycles. The van der Waals surface area contributed by atoms with E-state index in [0.717, 1.165) is 54.2 Å². The molecule has 0 fully saturated rings. The van der Waals surface area contributed by atoms with Crippen LogP contribution in [0.5, 0.6) is 0 Å². The Morgan fingerprint density at radius 3 is 1.87 bits per heavy atom. The summed E-state index contributed by atoms with van der Waals surface area (Å²) in [5, 5.41) is 2.07. The quantitative estimate of drug-likeness (QED) is 0.218. The Labute approximate surface area is 227 Å². The summed E-state index contributed by atoms with van der Waals surface area (Å²) in [6, 6.07) is 40.8. The first-order chi connectivity index (χ1) is 18.7. The predicted molar refractivity (Wildman–Crippen MR) is 157 cm³/mol. The van der Waals surface area contributed by atoms with Gasteiger partial charge in [0.2, 0.25) is 0 Å². The Balaban J connectivity index is 1.47. The smallest absolute Gasteiger partial charge is 0.167 e. The summed E-state index contributed by atoms with van der Waals surface area (Å²) in [4.78, 5) is 14.8. The molecule has 4 nitrogen and oxygen atoms in total. The summed E-state index contributed by atoms with van der Waals surface area (Å²) in [7, 11) is 0. The van der Waals surface area contributed by atoms with E-state index in [1.807, 2.05) is 84.9 Å². The Morgan fingerprint density at radius 2 is 1.08 bits per heavy atom. The molecule has 2 heterocycles. The minimum Gasteiger partial charge on any atom is -0.455 e. The second-order valence-corrected chi connectivity index (χ2v) is 9.96. The number of halogens is 1. The molecule has 2 aromatic heterocycles. The van der Waals surface area contributed by atoms with Crippen LogP contribution in [0.1, 0.15) is 0 Å². The van der Waals surface area contributed by atoms with Gasteiger partial charge in [0.1, 0.15) is 11.2 Å². The largest absolute Gasteiger partial charge is 0.455 e. The van der Waals surface area contributed by atoms with E-state index in [-0.39, 0.29) is 0 Å². The molecular formula is C33H20BrN3O. The lowest BCUT2D eigenvalue weighted by atomic mass is 10.0. The molecule has 0 aliphatic rings. The average Bonchev–Trinajstić information content (AvgIpc) is 3.36. The highest BCUT2D eigenvalue weighted by Gasteiger charge is 2.18. The minimum absolute atomic E-state index is 0.560. The molecule has 0 unspecified atom stereocenters. The second-order valence-electron chi connectivity index (χ2n) is 9.05. The van der Waals surface area contributed by atoms with Gasteiger partial charge in [0.15, 0.2) is 17.5 Å². The lowest BCUT2D eigenvalue weighted by Crippen LogP contribution is -2.00. The number of furan rings is 1. The van der Waals surface area contributed by atoms with E-state index in [1.165, 1.54) is 0 Å². The molecule has 0 N–H and O–H groups in total. The topological polar surface area (TPSA) is 51.8 Å². The summed E-state index contributed by atoms with van der Waals surface area (Å²) in [5.74, 6) is 1.78. The van der Waals surface area contributed by atoms with Crippen molar-refractivity contribution in [3.05, 3.63) is 126 Å². The van der Waals surface area contributed by atoms with Crippen LogP contribution < -0.4 is 0 Å². The van der Waals surface area contributed by atoms with Gasteiger partial charge in [0.05, 0.1) is 5.56 Å². The molecule has 0 bridgehead atoms.